The Morgan fingerprint density at radius 2 is 1.64 bits per heavy atom. The molecule has 3 fully saturated rings. The van der Waals surface area contributed by atoms with E-state index >= 15 is 0 Å². The maximum atomic E-state index is 12.2. The monoisotopic (exact) mass is 510 g/mol. The number of nitrogens with zero attached hydrogens (tertiary/aromatic N) is 4. The summed E-state index contributed by atoms with van der Waals surface area (Å²) in [4.78, 5) is 53.1. The molecule has 202 valence electrons. The minimum atomic E-state index is -0.788. The lowest BCUT2D eigenvalue weighted by molar-refractivity contribution is -0.145. The SMILES string of the molecule is COC(=O)CC[C@H]1COC(C)(C)N1C(=O)C(C)=[N+]=[N-].COC(=O)C[C@H]1[C@H](C)C(=O)N2[C@@H]1COC2(C)C. The van der Waals surface area contributed by atoms with E-state index in [0.717, 1.165) is 0 Å². The highest BCUT2D eigenvalue weighted by molar-refractivity contribution is 6.35. The van der Waals surface area contributed by atoms with Gasteiger partial charge in [-0.1, -0.05) is 6.92 Å². The van der Waals surface area contributed by atoms with E-state index in [1.807, 2.05) is 20.8 Å². The van der Waals surface area contributed by atoms with Crippen LogP contribution in [0.25, 0.3) is 5.53 Å². The summed E-state index contributed by atoms with van der Waals surface area (Å²) >= 11 is 0. The number of carbonyl (C=O) groups is 4. The summed E-state index contributed by atoms with van der Waals surface area (Å²) in [5.41, 5.74) is 7.35. The predicted molar refractivity (Wildman–Crippen MR) is 126 cm³/mol. The molecule has 3 aliphatic rings. The summed E-state index contributed by atoms with van der Waals surface area (Å²) in [5, 5.41) is 0. The second kappa shape index (κ2) is 11.5. The first-order valence-electron chi connectivity index (χ1n) is 12.0. The van der Waals surface area contributed by atoms with Gasteiger partial charge in [-0.25, -0.2) is 0 Å². The first-order chi connectivity index (χ1) is 16.7. The molecule has 12 nitrogen and oxygen atoms in total. The molecule has 0 saturated carbocycles. The second-order valence-corrected chi connectivity index (χ2v) is 10.2. The summed E-state index contributed by atoms with van der Waals surface area (Å²) in [5.74, 6) is -1.06. The zero-order valence-corrected chi connectivity index (χ0v) is 22.4. The molecule has 0 N–H and O–H groups in total. The molecule has 3 heterocycles. The quantitative estimate of drug-likeness (QED) is 0.225. The Kier molecular flexibility index (Phi) is 9.39. The van der Waals surface area contributed by atoms with Crippen molar-refractivity contribution in [3.05, 3.63) is 5.53 Å². The van der Waals surface area contributed by atoms with E-state index < -0.39 is 17.4 Å². The van der Waals surface area contributed by atoms with E-state index in [1.165, 1.54) is 26.0 Å². The zero-order chi connectivity index (χ0) is 27.4. The van der Waals surface area contributed by atoms with Gasteiger partial charge in [0.15, 0.2) is 0 Å². The van der Waals surface area contributed by atoms with Crippen LogP contribution in [0.4, 0.5) is 0 Å². The average Bonchev–Trinajstić information content (AvgIpc) is 3.41. The molecule has 3 aliphatic heterocycles. The van der Waals surface area contributed by atoms with Crippen LogP contribution >= 0.6 is 0 Å². The van der Waals surface area contributed by atoms with Crippen LogP contribution in [0, 0.1) is 11.8 Å². The van der Waals surface area contributed by atoms with Crippen molar-refractivity contribution in [1.29, 1.82) is 0 Å². The molecule has 36 heavy (non-hydrogen) atoms. The highest BCUT2D eigenvalue weighted by atomic mass is 16.5. The van der Waals surface area contributed by atoms with Crippen molar-refractivity contribution in [1.82, 2.24) is 9.80 Å². The molecule has 3 saturated heterocycles. The molecule has 0 bridgehead atoms. The molecule has 0 spiro atoms. The number of esters is 2. The standard InChI is InChI=1S/C12H19N3O4.C12H19NO4/c1-8(14-13)11(17)15-9(5-6-10(16)18-4)7-19-12(15,2)3;1-7-8(5-10(14)16-4)9-6-17-12(2,3)13(9)11(7)15/h9H,5-7H2,1-4H3;7-9H,5-6H2,1-4H3/t9-;7-,8-,9+/m00/s1. The fraction of sp³-hybridized carbons (Fsp3) is 0.792. The van der Waals surface area contributed by atoms with Gasteiger partial charge >= 0.3 is 23.6 Å². The minimum Gasteiger partial charge on any atom is -0.469 e. The van der Waals surface area contributed by atoms with Gasteiger partial charge in [-0.2, -0.15) is 4.79 Å². The van der Waals surface area contributed by atoms with Crippen LogP contribution in [0.5, 0.6) is 0 Å². The van der Waals surface area contributed by atoms with Crippen LogP contribution in [-0.4, -0.2) is 95.0 Å². The largest absolute Gasteiger partial charge is 0.469 e. The number of carbonyl (C=O) groups excluding carboxylic acids is 4. The molecular weight excluding hydrogens is 472 g/mol. The molecule has 3 rings (SSSR count). The Labute approximate surface area is 211 Å². The minimum absolute atomic E-state index is 0.00303. The van der Waals surface area contributed by atoms with Gasteiger partial charge in [-0.3, -0.25) is 24.1 Å². The molecule has 0 radical (unpaired) electrons. The van der Waals surface area contributed by atoms with Crippen LogP contribution in [0.1, 0.15) is 60.8 Å². The highest BCUT2D eigenvalue weighted by Gasteiger charge is 2.56. The number of rotatable bonds is 6. The van der Waals surface area contributed by atoms with Gasteiger partial charge in [0.25, 0.3) is 0 Å². The number of amides is 2. The fourth-order valence-electron chi connectivity index (χ4n) is 5.01. The van der Waals surface area contributed by atoms with Gasteiger partial charge in [-0.15, -0.1) is 0 Å². The van der Waals surface area contributed by atoms with Gasteiger partial charge in [0.05, 0.1) is 45.9 Å². The van der Waals surface area contributed by atoms with E-state index in [-0.39, 0.29) is 60.3 Å². The maximum absolute atomic E-state index is 12.2. The van der Waals surface area contributed by atoms with Crippen LogP contribution < -0.4 is 0 Å². The first-order valence-corrected chi connectivity index (χ1v) is 12.0. The number of hydrogen-bond acceptors (Lipinski definition) is 8. The smallest absolute Gasteiger partial charge is 0.353 e. The lowest BCUT2D eigenvalue weighted by Crippen LogP contribution is -2.50. The van der Waals surface area contributed by atoms with Crippen LogP contribution in [0.3, 0.4) is 0 Å². The van der Waals surface area contributed by atoms with E-state index in [4.69, 9.17) is 15.0 Å². The lowest BCUT2D eigenvalue weighted by Gasteiger charge is -2.32. The van der Waals surface area contributed by atoms with Gasteiger partial charge in [0, 0.05) is 25.2 Å². The van der Waals surface area contributed by atoms with Crippen LogP contribution in [0.15, 0.2) is 0 Å². The lowest BCUT2D eigenvalue weighted by atomic mass is 9.89. The summed E-state index contributed by atoms with van der Waals surface area (Å²) in [6, 6.07) is -0.232. The highest BCUT2D eigenvalue weighted by Crippen LogP contribution is 2.43. The van der Waals surface area contributed by atoms with Crippen molar-refractivity contribution in [3.8, 4) is 0 Å². The Hall–Kier alpha value is -2.82. The predicted octanol–water partition coefficient (Wildman–Crippen LogP) is 1.37. The van der Waals surface area contributed by atoms with Gasteiger partial charge in [-0.05, 0) is 34.1 Å². The second-order valence-electron chi connectivity index (χ2n) is 10.2. The Morgan fingerprint density at radius 1 is 1.06 bits per heavy atom. The molecule has 2 amide bonds. The summed E-state index contributed by atoms with van der Waals surface area (Å²) < 4.78 is 20.5. The molecule has 0 aromatic heterocycles. The third-order valence-electron chi connectivity index (χ3n) is 7.07. The van der Waals surface area contributed by atoms with E-state index in [2.05, 4.69) is 14.3 Å². The molecule has 4 atom stereocenters. The van der Waals surface area contributed by atoms with Crippen molar-refractivity contribution >= 4 is 29.5 Å². The van der Waals surface area contributed by atoms with Gasteiger partial charge < -0.3 is 29.4 Å². The van der Waals surface area contributed by atoms with Gasteiger partial charge in [0.2, 0.25) is 5.91 Å². The van der Waals surface area contributed by atoms with E-state index in [0.29, 0.717) is 19.6 Å². The number of fused-ring (bicyclic) bond motifs is 1. The molecule has 12 heteroatoms. The summed E-state index contributed by atoms with van der Waals surface area (Å²) in [7, 11) is 2.69. The first kappa shape index (κ1) is 29.4. The van der Waals surface area contributed by atoms with Crippen LogP contribution in [0.2, 0.25) is 0 Å². The maximum Gasteiger partial charge on any atom is 0.353 e. The van der Waals surface area contributed by atoms with Crippen molar-refractivity contribution in [2.24, 2.45) is 11.8 Å². The van der Waals surface area contributed by atoms with E-state index in [1.54, 1.807) is 18.7 Å². The number of methoxy groups -OCH3 is 2. The molecule has 0 aromatic carbocycles. The topological polar surface area (TPSA) is 148 Å². The molecular formula is C24H38N4O8. The normalized spacial score (nSPS) is 27.5. The average molecular weight is 511 g/mol. The Balaban J connectivity index is 0.000000255. The number of hydrogen-bond donors (Lipinski definition) is 0. The molecule has 0 unspecified atom stereocenters. The number of ether oxygens (including phenoxy) is 4. The van der Waals surface area contributed by atoms with Crippen molar-refractivity contribution in [2.45, 2.75) is 84.3 Å². The molecule has 0 aliphatic carbocycles. The third-order valence-corrected chi connectivity index (χ3v) is 7.07. The Morgan fingerprint density at radius 3 is 2.19 bits per heavy atom. The van der Waals surface area contributed by atoms with E-state index in [9.17, 15) is 19.2 Å². The molecule has 0 aromatic rings. The summed E-state index contributed by atoms with van der Waals surface area (Å²) in [6.45, 7) is 11.4. The van der Waals surface area contributed by atoms with Crippen LogP contribution in [-0.2, 0) is 38.1 Å². The zero-order valence-electron chi connectivity index (χ0n) is 22.4. The van der Waals surface area contributed by atoms with Crippen molar-refractivity contribution in [2.75, 3.05) is 27.4 Å². The van der Waals surface area contributed by atoms with Crippen molar-refractivity contribution < 1.29 is 42.9 Å². The summed E-state index contributed by atoms with van der Waals surface area (Å²) in [6.07, 6.45) is 0.935. The third kappa shape index (κ3) is 6.11. The Bertz CT molecular complexity index is 927. The van der Waals surface area contributed by atoms with Gasteiger partial charge in [0.1, 0.15) is 11.4 Å². The fourth-order valence-corrected chi connectivity index (χ4v) is 5.01. The van der Waals surface area contributed by atoms with Crippen molar-refractivity contribution in [3.63, 3.8) is 0 Å².